The Hall–Kier alpha value is -1.33. The molecule has 0 unspecified atom stereocenters. The van der Waals surface area contributed by atoms with Gasteiger partial charge >= 0.3 is 0 Å². The van der Waals surface area contributed by atoms with Crippen LogP contribution in [0, 0.1) is 23.2 Å². The molecule has 2 bridgehead atoms. The van der Waals surface area contributed by atoms with Crippen molar-refractivity contribution in [1.82, 2.24) is 4.90 Å². The summed E-state index contributed by atoms with van der Waals surface area (Å²) >= 11 is 0. The molecule has 1 aliphatic heterocycles. The minimum Gasteiger partial charge on any atom is -0.296 e. The van der Waals surface area contributed by atoms with E-state index in [2.05, 4.69) is 41.3 Å². The van der Waals surface area contributed by atoms with Gasteiger partial charge in [-0.2, -0.15) is 5.26 Å². The second kappa shape index (κ2) is 4.50. The molecule has 17 heavy (non-hydrogen) atoms. The van der Waals surface area contributed by atoms with E-state index in [1.807, 2.05) is 0 Å². The molecule has 3 atom stereocenters. The molecule has 0 spiro atoms. The van der Waals surface area contributed by atoms with E-state index in [1.54, 1.807) is 0 Å². The van der Waals surface area contributed by atoms with Gasteiger partial charge in [0.1, 0.15) is 0 Å². The van der Waals surface area contributed by atoms with Crippen LogP contribution in [0.25, 0.3) is 0 Å². The van der Waals surface area contributed by atoms with Crippen molar-refractivity contribution in [3.8, 4) is 6.07 Å². The number of fused-ring (bicyclic) bond motifs is 2. The van der Waals surface area contributed by atoms with Crippen LogP contribution in [0.2, 0.25) is 0 Å². The van der Waals surface area contributed by atoms with Crippen LogP contribution in [0.5, 0.6) is 0 Å². The number of hydrogen-bond acceptors (Lipinski definition) is 2. The van der Waals surface area contributed by atoms with Crippen molar-refractivity contribution in [2.75, 3.05) is 6.54 Å². The maximum atomic E-state index is 9.12. The van der Waals surface area contributed by atoms with E-state index in [0.29, 0.717) is 11.8 Å². The van der Waals surface area contributed by atoms with Gasteiger partial charge in [0.25, 0.3) is 0 Å². The highest BCUT2D eigenvalue weighted by molar-refractivity contribution is 5.15. The summed E-state index contributed by atoms with van der Waals surface area (Å²) in [6.45, 7) is 2.18. The first-order valence-electron chi connectivity index (χ1n) is 6.54. The lowest BCUT2D eigenvalue weighted by Crippen LogP contribution is -2.28. The highest BCUT2D eigenvalue weighted by Crippen LogP contribution is 2.39. The molecule has 0 radical (unpaired) electrons. The first-order valence-corrected chi connectivity index (χ1v) is 6.54. The van der Waals surface area contributed by atoms with Gasteiger partial charge in [0.2, 0.25) is 0 Å². The number of nitriles is 1. The largest absolute Gasteiger partial charge is 0.296 e. The Morgan fingerprint density at radius 1 is 1.24 bits per heavy atom. The van der Waals surface area contributed by atoms with Crippen molar-refractivity contribution < 1.29 is 0 Å². The van der Waals surface area contributed by atoms with Crippen molar-refractivity contribution in [3.05, 3.63) is 35.9 Å². The van der Waals surface area contributed by atoms with E-state index in [4.69, 9.17) is 5.26 Å². The summed E-state index contributed by atoms with van der Waals surface area (Å²) in [5, 5.41) is 9.12. The average molecular weight is 226 g/mol. The molecule has 2 heteroatoms. The molecule has 1 saturated heterocycles. The Morgan fingerprint density at radius 3 is 2.82 bits per heavy atom. The molecular formula is C15H18N2. The number of benzene rings is 1. The number of nitrogens with zero attached hydrogens (tertiary/aromatic N) is 2. The van der Waals surface area contributed by atoms with Crippen molar-refractivity contribution >= 4 is 0 Å². The van der Waals surface area contributed by atoms with Gasteiger partial charge < -0.3 is 0 Å². The van der Waals surface area contributed by atoms with Crippen LogP contribution in [0.3, 0.4) is 0 Å². The lowest BCUT2D eigenvalue weighted by molar-refractivity contribution is 0.234. The summed E-state index contributed by atoms with van der Waals surface area (Å²) in [6.07, 6.45) is 3.56. The number of hydrogen-bond donors (Lipinski definition) is 0. The molecule has 2 aliphatic rings. The minimum absolute atomic E-state index is 0.312. The summed E-state index contributed by atoms with van der Waals surface area (Å²) < 4.78 is 0. The fourth-order valence-electron chi connectivity index (χ4n) is 3.40. The van der Waals surface area contributed by atoms with Gasteiger partial charge in [0.15, 0.2) is 0 Å². The van der Waals surface area contributed by atoms with E-state index in [0.717, 1.165) is 25.6 Å². The number of likely N-dealkylation sites (tertiary alicyclic amines) is 1. The molecule has 1 heterocycles. The SMILES string of the molecule is N#C[C@@H]1CC[C@@H]2C[C@H]1CN2Cc1ccccc1. The first-order chi connectivity index (χ1) is 8.36. The predicted molar refractivity (Wildman–Crippen MR) is 67.1 cm³/mol. The molecule has 0 amide bonds. The molecule has 0 N–H and O–H groups in total. The van der Waals surface area contributed by atoms with Crippen LogP contribution >= 0.6 is 0 Å². The van der Waals surface area contributed by atoms with Gasteiger partial charge in [-0.1, -0.05) is 30.3 Å². The third-order valence-corrected chi connectivity index (χ3v) is 4.33. The normalized spacial score (nSPS) is 32.3. The summed E-state index contributed by atoms with van der Waals surface area (Å²) in [7, 11) is 0. The molecular weight excluding hydrogens is 208 g/mol. The molecule has 3 rings (SSSR count). The topological polar surface area (TPSA) is 27.0 Å². The van der Waals surface area contributed by atoms with Gasteiger partial charge in [-0.3, -0.25) is 4.90 Å². The highest BCUT2D eigenvalue weighted by Gasteiger charge is 2.40. The molecule has 1 saturated carbocycles. The molecule has 0 aromatic heterocycles. The van der Waals surface area contributed by atoms with Gasteiger partial charge in [-0.25, -0.2) is 0 Å². The summed E-state index contributed by atoms with van der Waals surface area (Å²) in [5.74, 6) is 0.939. The monoisotopic (exact) mass is 226 g/mol. The van der Waals surface area contributed by atoms with Crippen molar-refractivity contribution in [3.63, 3.8) is 0 Å². The molecule has 2 nitrogen and oxygen atoms in total. The van der Waals surface area contributed by atoms with E-state index < -0.39 is 0 Å². The minimum atomic E-state index is 0.312. The Bertz CT molecular complexity index is 420. The summed E-state index contributed by atoms with van der Waals surface area (Å²) in [4.78, 5) is 2.58. The zero-order valence-corrected chi connectivity index (χ0v) is 10.0. The zero-order chi connectivity index (χ0) is 11.7. The Balaban J connectivity index is 1.69. The average Bonchev–Trinajstić information content (AvgIpc) is 2.68. The Kier molecular flexibility index (Phi) is 2.86. The standard InChI is InChI=1S/C15H18N2/c16-9-13-6-7-15-8-14(13)11-17(15)10-12-4-2-1-3-5-12/h1-5,13-15H,6-8,10-11H2/t13-,14-,15+/m0/s1. The van der Waals surface area contributed by atoms with Crippen LogP contribution in [0.15, 0.2) is 30.3 Å². The molecule has 88 valence electrons. The third-order valence-electron chi connectivity index (χ3n) is 4.33. The molecule has 1 aromatic rings. The van der Waals surface area contributed by atoms with Crippen LogP contribution in [-0.4, -0.2) is 17.5 Å². The fraction of sp³-hybridized carbons (Fsp3) is 0.533. The maximum Gasteiger partial charge on any atom is 0.0659 e. The first kappa shape index (κ1) is 10.8. The van der Waals surface area contributed by atoms with Crippen LogP contribution < -0.4 is 0 Å². The predicted octanol–water partition coefficient (Wildman–Crippen LogP) is 2.81. The lowest BCUT2D eigenvalue weighted by Gasteiger charge is -2.25. The van der Waals surface area contributed by atoms with E-state index >= 15 is 0 Å². The third kappa shape index (κ3) is 2.08. The van der Waals surface area contributed by atoms with Gasteiger partial charge in [0, 0.05) is 19.1 Å². The quantitative estimate of drug-likeness (QED) is 0.775. The van der Waals surface area contributed by atoms with Crippen molar-refractivity contribution in [1.29, 1.82) is 5.26 Å². The number of rotatable bonds is 2. The zero-order valence-electron chi connectivity index (χ0n) is 10.0. The summed E-state index contributed by atoms with van der Waals surface area (Å²) in [6, 6.07) is 13.9. The van der Waals surface area contributed by atoms with Crippen molar-refractivity contribution in [2.45, 2.75) is 31.8 Å². The van der Waals surface area contributed by atoms with Gasteiger partial charge in [-0.15, -0.1) is 0 Å². The Morgan fingerprint density at radius 2 is 2.06 bits per heavy atom. The van der Waals surface area contributed by atoms with Crippen LogP contribution in [0.1, 0.15) is 24.8 Å². The van der Waals surface area contributed by atoms with Gasteiger partial charge in [0.05, 0.1) is 12.0 Å². The van der Waals surface area contributed by atoms with Gasteiger partial charge in [-0.05, 0) is 30.7 Å². The van der Waals surface area contributed by atoms with E-state index in [1.165, 1.54) is 18.4 Å². The van der Waals surface area contributed by atoms with Crippen LogP contribution in [-0.2, 0) is 6.54 Å². The maximum absolute atomic E-state index is 9.12. The van der Waals surface area contributed by atoms with E-state index in [-0.39, 0.29) is 0 Å². The van der Waals surface area contributed by atoms with Crippen molar-refractivity contribution in [2.24, 2.45) is 11.8 Å². The van der Waals surface area contributed by atoms with E-state index in [9.17, 15) is 0 Å². The lowest BCUT2D eigenvalue weighted by atomic mass is 9.81. The molecule has 1 aromatic carbocycles. The fourth-order valence-corrected chi connectivity index (χ4v) is 3.40. The Labute approximate surface area is 103 Å². The second-order valence-corrected chi connectivity index (χ2v) is 5.38. The van der Waals surface area contributed by atoms with Crippen LogP contribution in [0.4, 0.5) is 0 Å². The second-order valence-electron chi connectivity index (χ2n) is 5.38. The smallest absolute Gasteiger partial charge is 0.0659 e. The molecule has 1 aliphatic carbocycles. The highest BCUT2D eigenvalue weighted by atomic mass is 15.2. The summed E-state index contributed by atoms with van der Waals surface area (Å²) in [5.41, 5.74) is 1.40. The molecule has 2 fully saturated rings.